The Balaban J connectivity index is 1.95. The van der Waals surface area contributed by atoms with Crippen LogP contribution in [-0.2, 0) is 15.8 Å². The Morgan fingerprint density at radius 1 is 1.22 bits per heavy atom. The fourth-order valence-electron chi connectivity index (χ4n) is 3.12. The van der Waals surface area contributed by atoms with E-state index in [9.17, 15) is 17.6 Å². The standard InChI is InChI=1S/C22H20FN5O3S/c1-14(2)18-10-17(23)11-19(16-6-8-26-20(9-16)24-3)21(18)27-22(29)28-32(30,31)13-15-5-4-7-25-12-15/h4-12,14H,13H2,1-2H3,(H2,27,28,29). The van der Waals surface area contributed by atoms with Gasteiger partial charge in [-0.15, -0.1) is 4.98 Å². The summed E-state index contributed by atoms with van der Waals surface area (Å²) in [7, 11) is -4.01. The number of urea groups is 1. The van der Waals surface area contributed by atoms with E-state index in [1.54, 1.807) is 18.2 Å². The minimum atomic E-state index is -4.01. The van der Waals surface area contributed by atoms with Crippen molar-refractivity contribution in [3.63, 3.8) is 0 Å². The highest BCUT2D eigenvalue weighted by Gasteiger charge is 2.21. The second kappa shape index (κ2) is 9.53. The number of pyridine rings is 2. The van der Waals surface area contributed by atoms with Crippen molar-refractivity contribution in [2.24, 2.45) is 0 Å². The van der Waals surface area contributed by atoms with Gasteiger partial charge in [-0.3, -0.25) is 4.98 Å². The molecule has 0 aliphatic carbocycles. The molecule has 0 aliphatic heterocycles. The summed E-state index contributed by atoms with van der Waals surface area (Å²) in [6, 6.07) is 7.74. The van der Waals surface area contributed by atoms with Crippen LogP contribution in [0, 0.1) is 12.4 Å². The van der Waals surface area contributed by atoms with Crippen LogP contribution in [0.5, 0.6) is 0 Å². The number of nitrogens with one attached hydrogen (secondary N) is 2. The van der Waals surface area contributed by atoms with Gasteiger partial charge in [-0.05, 0) is 52.9 Å². The maximum Gasteiger partial charge on any atom is 0.332 e. The Morgan fingerprint density at radius 3 is 2.66 bits per heavy atom. The maximum atomic E-state index is 14.4. The number of benzene rings is 1. The number of anilines is 1. The summed E-state index contributed by atoms with van der Waals surface area (Å²) in [5, 5.41) is 2.56. The Morgan fingerprint density at radius 2 is 2.00 bits per heavy atom. The summed E-state index contributed by atoms with van der Waals surface area (Å²) < 4.78 is 41.2. The van der Waals surface area contributed by atoms with Crippen molar-refractivity contribution >= 4 is 27.6 Å². The zero-order chi connectivity index (χ0) is 23.3. The van der Waals surface area contributed by atoms with Gasteiger partial charge in [0.15, 0.2) is 0 Å². The molecule has 1 aromatic carbocycles. The molecule has 10 heteroatoms. The summed E-state index contributed by atoms with van der Waals surface area (Å²) >= 11 is 0. The predicted molar refractivity (Wildman–Crippen MR) is 119 cm³/mol. The van der Waals surface area contributed by atoms with Crippen LogP contribution in [-0.4, -0.2) is 24.4 Å². The van der Waals surface area contributed by atoms with Gasteiger partial charge in [-0.25, -0.2) is 22.3 Å². The zero-order valence-corrected chi connectivity index (χ0v) is 18.1. The Kier molecular flexibility index (Phi) is 6.80. The molecule has 8 nitrogen and oxygen atoms in total. The molecule has 2 amide bonds. The highest BCUT2D eigenvalue weighted by molar-refractivity contribution is 7.89. The predicted octanol–water partition coefficient (Wildman–Crippen LogP) is 4.61. The summed E-state index contributed by atoms with van der Waals surface area (Å²) in [6.45, 7) is 10.8. The van der Waals surface area contributed by atoms with E-state index < -0.39 is 27.6 Å². The van der Waals surface area contributed by atoms with E-state index in [2.05, 4.69) is 20.1 Å². The molecule has 0 fully saturated rings. The number of nitrogens with zero attached hydrogens (tertiary/aromatic N) is 3. The van der Waals surface area contributed by atoms with Crippen molar-refractivity contribution < 1.29 is 17.6 Å². The van der Waals surface area contributed by atoms with Crippen molar-refractivity contribution in [1.82, 2.24) is 14.7 Å². The number of halogens is 1. The van der Waals surface area contributed by atoms with Gasteiger partial charge in [-0.1, -0.05) is 26.5 Å². The van der Waals surface area contributed by atoms with E-state index in [1.165, 1.54) is 36.8 Å². The lowest BCUT2D eigenvalue weighted by molar-refractivity contribution is 0.256. The molecule has 0 saturated heterocycles. The zero-order valence-electron chi connectivity index (χ0n) is 17.3. The molecule has 0 saturated carbocycles. The van der Waals surface area contributed by atoms with Gasteiger partial charge in [-0.2, -0.15) is 0 Å². The molecule has 0 atom stereocenters. The van der Waals surface area contributed by atoms with E-state index in [0.29, 0.717) is 22.3 Å². The molecular formula is C22H20FN5O3S. The summed E-state index contributed by atoms with van der Waals surface area (Å²) in [4.78, 5) is 23.7. The lowest BCUT2D eigenvalue weighted by atomic mass is 9.94. The van der Waals surface area contributed by atoms with Crippen LogP contribution in [0.4, 0.5) is 20.7 Å². The molecule has 0 aliphatic rings. The smallest absolute Gasteiger partial charge is 0.332 e. The number of hydrogen-bond donors (Lipinski definition) is 2. The third-order valence-corrected chi connectivity index (χ3v) is 5.70. The number of hydrogen-bond acceptors (Lipinski definition) is 5. The van der Waals surface area contributed by atoms with Crippen molar-refractivity contribution in [2.45, 2.75) is 25.5 Å². The number of carbonyl (C=O) groups is 1. The van der Waals surface area contributed by atoms with Crippen molar-refractivity contribution in [2.75, 3.05) is 5.32 Å². The first kappa shape index (κ1) is 22.8. The average molecular weight is 453 g/mol. The number of rotatable bonds is 6. The highest BCUT2D eigenvalue weighted by atomic mass is 32.2. The number of carbonyl (C=O) groups excluding carboxylic acids is 1. The van der Waals surface area contributed by atoms with E-state index >= 15 is 0 Å². The lowest BCUT2D eigenvalue weighted by Crippen LogP contribution is -2.35. The molecule has 2 N–H and O–H groups in total. The molecule has 0 bridgehead atoms. The minimum absolute atomic E-state index is 0.104. The fraction of sp³-hybridized carbons (Fsp3) is 0.182. The molecule has 0 spiro atoms. The van der Waals surface area contributed by atoms with Crippen LogP contribution in [0.25, 0.3) is 16.0 Å². The van der Waals surface area contributed by atoms with Gasteiger partial charge in [0.05, 0.1) is 11.4 Å². The van der Waals surface area contributed by atoms with Crippen LogP contribution in [0.2, 0.25) is 0 Å². The minimum Gasteiger partial charge on any atom is -0.361 e. The van der Waals surface area contributed by atoms with Crippen LogP contribution < -0.4 is 10.0 Å². The Bertz CT molecular complexity index is 1290. The topological polar surface area (TPSA) is 105 Å². The molecule has 2 heterocycles. The van der Waals surface area contributed by atoms with Crippen molar-refractivity contribution in [1.29, 1.82) is 0 Å². The first-order chi connectivity index (χ1) is 15.2. The molecule has 0 unspecified atom stereocenters. The van der Waals surface area contributed by atoms with Gasteiger partial charge in [0, 0.05) is 18.0 Å². The van der Waals surface area contributed by atoms with Crippen molar-refractivity contribution in [3.05, 3.63) is 83.4 Å². The van der Waals surface area contributed by atoms with Gasteiger partial charge < -0.3 is 10.2 Å². The number of sulfonamides is 1. The van der Waals surface area contributed by atoms with Gasteiger partial charge in [0.25, 0.3) is 5.82 Å². The highest BCUT2D eigenvalue weighted by Crippen LogP contribution is 2.36. The van der Waals surface area contributed by atoms with Crippen LogP contribution in [0.3, 0.4) is 0 Å². The van der Waals surface area contributed by atoms with Crippen LogP contribution >= 0.6 is 0 Å². The molecular weight excluding hydrogens is 433 g/mol. The summed E-state index contributed by atoms with van der Waals surface area (Å²) in [5.41, 5.74) is 1.90. The lowest BCUT2D eigenvalue weighted by Gasteiger charge is -2.19. The Labute approximate surface area is 185 Å². The normalized spacial score (nSPS) is 11.1. The third kappa shape index (κ3) is 5.65. The van der Waals surface area contributed by atoms with Crippen molar-refractivity contribution in [3.8, 4) is 11.1 Å². The molecule has 2 aromatic heterocycles. The SMILES string of the molecule is [C-]#[N+]c1cc(-c2cc(F)cc(C(C)C)c2NC(=O)NS(=O)(=O)Cc2cccnc2)ccn1. The second-order valence-corrected chi connectivity index (χ2v) is 8.99. The van der Waals surface area contributed by atoms with Crippen LogP contribution in [0.15, 0.2) is 55.0 Å². The van der Waals surface area contributed by atoms with Gasteiger partial charge in [0.2, 0.25) is 10.0 Å². The summed E-state index contributed by atoms with van der Waals surface area (Å²) in [6.07, 6.45) is 4.31. The molecule has 164 valence electrons. The largest absolute Gasteiger partial charge is 0.361 e. The molecule has 3 aromatic rings. The Hall–Kier alpha value is -3.84. The first-order valence-electron chi connectivity index (χ1n) is 9.56. The number of aromatic nitrogens is 2. The monoisotopic (exact) mass is 453 g/mol. The number of amides is 2. The average Bonchev–Trinajstić information content (AvgIpc) is 2.74. The first-order valence-corrected chi connectivity index (χ1v) is 11.2. The van der Waals surface area contributed by atoms with Crippen LogP contribution in [0.1, 0.15) is 30.9 Å². The molecule has 32 heavy (non-hydrogen) atoms. The van der Waals surface area contributed by atoms with E-state index in [1.807, 2.05) is 18.6 Å². The fourth-order valence-corrected chi connectivity index (χ4v) is 4.13. The maximum absolute atomic E-state index is 14.4. The third-order valence-electron chi connectivity index (χ3n) is 4.49. The molecule has 0 radical (unpaired) electrons. The van der Waals surface area contributed by atoms with Gasteiger partial charge >= 0.3 is 6.03 Å². The van der Waals surface area contributed by atoms with E-state index in [0.717, 1.165) is 0 Å². The summed E-state index contributed by atoms with van der Waals surface area (Å²) in [5.74, 6) is -1.04. The van der Waals surface area contributed by atoms with E-state index in [-0.39, 0.29) is 17.4 Å². The molecule has 3 rings (SSSR count). The second-order valence-electron chi connectivity index (χ2n) is 7.26. The quantitative estimate of drug-likeness (QED) is 0.531. The van der Waals surface area contributed by atoms with E-state index in [4.69, 9.17) is 6.57 Å². The van der Waals surface area contributed by atoms with Gasteiger partial charge in [0.1, 0.15) is 12.0 Å².